The van der Waals surface area contributed by atoms with Gasteiger partial charge >= 0.3 is 0 Å². The number of nitrogens with zero attached hydrogens (tertiary/aromatic N) is 3. The molecule has 0 amide bonds. The third-order valence-corrected chi connectivity index (χ3v) is 4.38. The molecule has 0 spiro atoms. The zero-order valence-corrected chi connectivity index (χ0v) is 14.8. The second kappa shape index (κ2) is 6.88. The smallest absolute Gasteiger partial charge is 0.224 e. The highest BCUT2D eigenvalue weighted by molar-refractivity contribution is 6.02. The molecule has 1 N–H and O–H groups in total. The fourth-order valence-corrected chi connectivity index (χ4v) is 3.09. The average Bonchev–Trinajstić information content (AvgIpc) is 2.99. The number of para-hydroxylation sites is 2. The number of hydrogen-bond donors (Lipinski definition) is 1. The highest BCUT2D eigenvalue weighted by Gasteiger charge is 2.08. The van der Waals surface area contributed by atoms with Crippen LogP contribution >= 0.6 is 0 Å². The summed E-state index contributed by atoms with van der Waals surface area (Å²) in [4.78, 5) is 4.57. The number of rotatable bonds is 5. The van der Waals surface area contributed by atoms with E-state index >= 15 is 0 Å². The van der Waals surface area contributed by atoms with E-state index in [1.807, 2.05) is 61.0 Å². The van der Waals surface area contributed by atoms with Gasteiger partial charge in [0.15, 0.2) is 0 Å². The number of aryl methyl sites for hydroxylation is 1. The summed E-state index contributed by atoms with van der Waals surface area (Å²) >= 11 is 0. The number of hydrogen-bond acceptors (Lipinski definition) is 4. The Balaban J connectivity index is 1.69. The summed E-state index contributed by atoms with van der Waals surface area (Å²) in [5.74, 6) is 1.52. The van der Waals surface area contributed by atoms with Gasteiger partial charge in [0.2, 0.25) is 5.95 Å². The fourth-order valence-electron chi connectivity index (χ4n) is 3.09. The van der Waals surface area contributed by atoms with E-state index in [0.29, 0.717) is 12.6 Å². The van der Waals surface area contributed by atoms with Crippen LogP contribution in [0.4, 0.5) is 5.95 Å². The highest BCUT2D eigenvalue weighted by Crippen LogP contribution is 2.27. The van der Waals surface area contributed by atoms with Crippen molar-refractivity contribution in [3.8, 4) is 5.75 Å². The molecule has 1 aromatic heterocycles. The van der Waals surface area contributed by atoms with E-state index in [1.54, 1.807) is 6.21 Å². The Bertz CT molecular complexity index is 1100. The first kappa shape index (κ1) is 16.1. The number of anilines is 1. The highest BCUT2D eigenvalue weighted by atomic mass is 16.5. The molecule has 0 aliphatic rings. The van der Waals surface area contributed by atoms with Gasteiger partial charge in [-0.15, -0.1) is 0 Å². The van der Waals surface area contributed by atoms with Crippen LogP contribution in [0.1, 0.15) is 12.5 Å². The number of fused-ring (bicyclic) bond motifs is 2. The maximum atomic E-state index is 5.78. The summed E-state index contributed by atoms with van der Waals surface area (Å²) in [6.45, 7) is 2.59. The Hall–Kier alpha value is -3.34. The predicted molar refractivity (Wildman–Crippen MR) is 107 cm³/mol. The van der Waals surface area contributed by atoms with Gasteiger partial charge in [0.05, 0.1) is 23.9 Å². The lowest BCUT2D eigenvalue weighted by Gasteiger charge is -2.10. The van der Waals surface area contributed by atoms with Gasteiger partial charge in [0.1, 0.15) is 5.75 Å². The van der Waals surface area contributed by atoms with E-state index in [9.17, 15) is 0 Å². The van der Waals surface area contributed by atoms with E-state index in [1.165, 1.54) is 0 Å². The molecule has 4 aromatic rings. The second-order valence-electron chi connectivity index (χ2n) is 5.98. The molecule has 4 rings (SSSR count). The normalized spacial score (nSPS) is 11.5. The number of aromatic nitrogens is 2. The minimum atomic E-state index is 0.608. The molecule has 0 saturated carbocycles. The third-order valence-electron chi connectivity index (χ3n) is 4.38. The van der Waals surface area contributed by atoms with Crippen LogP contribution in [-0.2, 0) is 7.05 Å². The van der Waals surface area contributed by atoms with E-state index in [4.69, 9.17) is 4.74 Å². The lowest BCUT2D eigenvalue weighted by Crippen LogP contribution is -2.01. The molecule has 1 heterocycles. The number of nitrogens with one attached hydrogen (secondary N) is 1. The van der Waals surface area contributed by atoms with Gasteiger partial charge in [0, 0.05) is 12.6 Å². The molecule has 0 aliphatic carbocycles. The van der Waals surface area contributed by atoms with Gasteiger partial charge in [-0.3, -0.25) is 0 Å². The zero-order chi connectivity index (χ0) is 17.9. The number of ether oxygens (including phenoxy) is 1. The van der Waals surface area contributed by atoms with Crippen LogP contribution in [0.2, 0.25) is 0 Å². The van der Waals surface area contributed by atoms with Crippen molar-refractivity contribution in [3.63, 3.8) is 0 Å². The third kappa shape index (κ3) is 2.88. The van der Waals surface area contributed by atoms with Crippen LogP contribution in [0.5, 0.6) is 5.75 Å². The van der Waals surface area contributed by atoms with E-state index in [2.05, 4.69) is 33.7 Å². The van der Waals surface area contributed by atoms with Crippen LogP contribution in [-0.4, -0.2) is 22.4 Å². The van der Waals surface area contributed by atoms with Crippen molar-refractivity contribution in [2.45, 2.75) is 6.92 Å². The first-order chi connectivity index (χ1) is 12.8. The molecule has 0 radical (unpaired) electrons. The van der Waals surface area contributed by atoms with Gasteiger partial charge in [0.25, 0.3) is 0 Å². The molecule has 0 atom stereocenters. The Morgan fingerprint density at radius 2 is 1.88 bits per heavy atom. The zero-order valence-electron chi connectivity index (χ0n) is 14.8. The first-order valence-electron chi connectivity index (χ1n) is 8.63. The quantitative estimate of drug-likeness (QED) is 0.426. The molecule has 0 bridgehead atoms. The van der Waals surface area contributed by atoms with Crippen molar-refractivity contribution in [2.75, 3.05) is 12.0 Å². The molecule has 5 nitrogen and oxygen atoms in total. The molecule has 0 unspecified atom stereocenters. The van der Waals surface area contributed by atoms with Crippen molar-refractivity contribution < 1.29 is 4.74 Å². The van der Waals surface area contributed by atoms with E-state index in [-0.39, 0.29) is 0 Å². The molecular formula is C21H20N4O. The monoisotopic (exact) mass is 344 g/mol. The Morgan fingerprint density at radius 3 is 2.73 bits per heavy atom. The summed E-state index contributed by atoms with van der Waals surface area (Å²) in [6.07, 6.45) is 1.80. The fraction of sp³-hybridized carbons (Fsp3) is 0.143. The van der Waals surface area contributed by atoms with Crippen molar-refractivity contribution in [3.05, 3.63) is 66.2 Å². The molecule has 0 aliphatic heterocycles. The van der Waals surface area contributed by atoms with Crippen LogP contribution in [0, 0.1) is 0 Å². The van der Waals surface area contributed by atoms with Crippen LogP contribution in [0.3, 0.4) is 0 Å². The molecule has 3 aromatic carbocycles. The molecule has 130 valence electrons. The summed E-state index contributed by atoms with van der Waals surface area (Å²) < 4.78 is 7.77. The SMILES string of the molecule is CCOc1ccc2ccccc2c1/C=N\Nc1nc2ccccc2n1C. The average molecular weight is 344 g/mol. The maximum Gasteiger partial charge on any atom is 0.224 e. The second-order valence-corrected chi connectivity index (χ2v) is 5.98. The van der Waals surface area contributed by atoms with E-state index < -0.39 is 0 Å². The number of imidazole rings is 1. The topological polar surface area (TPSA) is 51.4 Å². The van der Waals surface area contributed by atoms with Crippen molar-refractivity contribution in [1.29, 1.82) is 0 Å². The summed E-state index contributed by atoms with van der Waals surface area (Å²) in [5, 5.41) is 6.68. The minimum Gasteiger partial charge on any atom is -0.493 e. The first-order valence-corrected chi connectivity index (χ1v) is 8.63. The van der Waals surface area contributed by atoms with Crippen LogP contribution in [0.25, 0.3) is 21.8 Å². The van der Waals surface area contributed by atoms with Gasteiger partial charge in [-0.25, -0.2) is 10.4 Å². The van der Waals surface area contributed by atoms with Crippen molar-refractivity contribution >= 4 is 34.0 Å². The van der Waals surface area contributed by atoms with Crippen LogP contribution < -0.4 is 10.2 Å². The van der Waals surface area contributed by atoms with Gasteiger partial charge in [-0.2, -0.15) is 5.10 Å². The molecule has 0 saturated heterocycles. The summed E-state index contributed by atoms with van der Waals surface area (Å²) in [7, 11) is 1.97. The van der Waals surface area contributed by atoms with Crippen molar-refractivity contribution in [2.24, 2.45) is 12.1 Å². The Kier molecular flexibility index (Phi) is 4.27. The van der Waals surface area contributed by atoms with Crippen molar-refractivity contribution in [1.82, 2.24) is 9.55 Å². The number of benzene rings is 3. The van der Waals surface area contributed by atoms with Gasteiger partial charge in [-0.1, -0.05) is 42.5 Å². The van der Waals surface area contributed by atoms with Crippen LogP contribution in [0.15, 0.2) is 65.8 Å². The lowest BCUT2D eigenvalue weighted by molar-refractivity contribution is 0.340. The minimum absolute atomic E-state index is 0.608. The Morgan fingerprint density at radius 1 is 1.08 bits per heavy atom. The van der Waals surface area contributed by atoms with E-state index in [0.717, 1.165) is 33.1 Å². The lowest BCUT2D eigenvalue weighted by atomic mass is 10.0. The number of hydrazone groups is 1. The summed E-state index contributed by atoms with van der Waals surface area (Å²) in [5.41, 5.74) is 6.00. The summed E-state index contributed by atoms with van der Waals surface area (Å²) in [6, 6.07) is 20.3. The standard InChI is InChI=1S/C21H20N4O/c1-3-26-20-13-12-15-8-4-5-9-16(15)17(20)14-22-24-21-23-18-10-6-7-11-19(18)25(21)2/h4-14H,3H2,1-2H3,(H,23,24)/b22-14-. The van der Waals surface area contributed by atoms with Gasteiger partial charge in [-0.05, 0) is 35.9 Å². The maximum absolute atomic E-state index is 5.78. The predicted octanol–water partition coefficient (Wildman–Crippen LogP) is 4.57. The molecular weight excluding hydrogens is 324 g/mol. The molecule has 5 heteroatoms. The Labute approximate surface area is 151 Å². The molecule has 26 heavy (non-hydrogen) atoms. The largest absolute Gasteiger partial charge is 0.493 e. The molecule has 0 fully saturated rings. The van der Waals surface area contributed by atoms with Gasteiger partial charge < -0.3 is 9.30 Å².